The number of rotatable bonds is 4. The number of anilines is 1. The van der Waals surface area contributed by atoms with Crippen molar-refractivity contribution in [1.29, 1.82) is 0 Å². The second kappa shape index (κ2) is 7.47. The highest BCUT2D eigenvalue weighted by atomic mass is 32.2. The molecule has 0 aliphatic carbocycles. The molecule has 0 radical (unpaired) electrons. The first kappa shape index (κ1) is 18.4. The molecule has 0 aromatic heterocycles. The molecule has 6 nitrogen and oxygen atoms in total. The van der Waals surface area contributed by atoms with Gasteiger partial charge in [-0.3, -0.25) is 9.10 Å². The van der Waals surface area contributed by atoms with Gasteiger partial charge in [-0.1, -0.05) is 18.2 Å². The van der Waals surface area contributed by atoms with Gasteiger partial charge >= 0.3 is 0 Å². The topological polar surface area (TPSA) is 77.9 Å². The molecule has 1 N–H and O–H groups in total. The molecule has 0 unspecified atom stereocenters. The Morgan fingerprint density at radius 1 is 1.04 bits per heavy atom. The van der Waals surface area contributed by atoms with Crippen LogP contribution >= 0.6 is 0 Å². The molecule has 2 aromatic carbocycles. The average molecular weight is 374 g/mol. The van der Waals surface area contributed by atoms with Gasteiger partial charge in [-0.25, -0.2) is 8.42 Å². The van der Waals surface area contributed by atoms with Crippen LogP contribution in [0.15, 0.2) is 59.5 Å². The molecule has 1 heterocycles. The lowest BCUT2D eigenvalue weighted by molar-refractivity contribution is 0.0546. The summed E-state index contributed by atoms with van der Waals surface area (Å²) in [5.74, 6) is -0.141. The largest absolute Gasteiger partial charge is 0.393 e. The number of sulfonamides is 1. The number of piperidine rings is 1. The third-order valence-electron chi connectivity index (χ3n) is 4.63. The molecule has 7 heteroatoms. The molecule has 1 aliphatic rings. The van der Waals surface area contributed by atoms with Gasteiger partial charge in [0.25, 0.3) is 15.9 Å². The van der Waals surface area contributed by atoms with Crippen LogP contribution in [0, 0.1) is 0 Å². The zero-order chi connectivity index (χ0) is 18.7. The first-order chi connectivity index (χ1) is 12.4. The molecule has 1 amide bonds. The second-order valence-electron chi connectivity index (χ2n) is 6.36. The molecular formula is C19H22N2O4S. The quantitative estimate of drug-likeness (QED) is 0.889. The third-order valence-corrected chi connectivity index (χ3v) is 6.43. The van der Waals surface area contributed by atoms with E-state index in [0.29, 0.717) is 37.2 Å². The highest BCUT2D eigenvalue weighted by Crippen LogP contribution is 2.22. The fraction of sp³-hybridized carbons (Fsp3) is 0.316. The molecule has 0 spiro atoms. The van der Waals surface area contributed by atoms with E-state index in [-0.39, 0.29) is 16.9 Å². The van der Waals surface area contributed by atoms with E-state index in [1.54, 1.807) is 41.3 Å². The molecule has 3 rings (SSSR count). The molecule has 26 heavy (non-hydrogen) atoms. The van der Waals surface area contributed by atoms with E-state index in [4.69, 9.17) is 0 Å². The van der Waals surface area contributed by atoms with Gasteiger partial charge in [-0.05, 0) is 49.2 Å². The maximum Gasteiger partial charge on any atom is 0.264 e. The average Bonchev–Trinajstić information content (AvgIpc) is 2.68. The Morgan fingerprint density at radius 2 is 1.62 bits per heavy atom. The summed E-state index contributed by atoms with van der Waals surface area (Å²) >= 11 is 0. The Bertz CT molecular complexity index is 858. The smallest absolute Gasteiger partial charge is 0.264 e. The van der Waals surface area contributed by atoms with E-state index in [9.17, 15) is 18.3 Å². The molecule has 1 aliphatic heterocycles. The highest BCUT2D eigenvalue weighted by molar-refractivity contribution is 7.92. The van der Waals surface area contributed by atoms with Crippen LogP contribution in [0.4, 0.5) is 5.69 Å². The standard InChI is InChI=1S/C19H22N2O4S/c1-20(16-5-3-2-4-6-16)26(24,25)18-9-7-15(8-10-18)19(23)21-13-11-17(22)12-14-21/h2-10,17,22H,11-14H2,1H3. The Hall–Kier alpha value is -2.38. The predicted molar refractivity (Wildman–Crippen MR) is 99.6 cm³/mol. The number of para-hydroxylation sites is 1. The van der Waals surface area contributed by atoms with Crippen LogP contribution < -0.4 is 4.31 Å². The number of hydrogen-bond acceptors (Lipinski definition) is 4. The number of nitrogens with zero attached hydrogens (tertiary/aromatic N) is 2. The molecule has 0 saturated carbocycles. The predicted octanol–water partition coefficient (Wildman–Crippen LogP) is 2.11. The summed E-state index contributed by atoms with van der Waals surface area (Å²) in [4.78, 5) is 14.3. The van der Waals surface area contributed by atoms with Crippen LogP contribution in [0.5, 0.6) is 0 Å². The van der Waals surface area contributed by atoms with Crippen LogP contribution in [-0.2, 0) is 10.0 Å². The minimum atomic E-state index is -3.69. The minimum absolute atomic E-state index is 0.134. The zero-order valence-corrected chi connectivity index (χ0v) is 15.4. The molecule has 1 fully saturated rings. The summed E-state index contributed by atoms with van der Waals surface area (Å²) < 4.78 is 26.7. The summed E-state index contributed by atoms with van der Waals surface area (Å²) in [6.07, 6.45) is 0.792. The summed E-state index contributed by atoms with van der Waals surface area (Å²) in [5.41, 5.74) is 1.02. The van der Waals surface area contributed by atoms with E-state index in [2.05, 4.69) is 0 Å². The lowest BCUT2D eigenvalue weighted by Crippen LogP contribution is -2.40. The Labute approximate surface area is 153 Å². The van der Waals surface area contributed by atoms with Gasteiger partial charge in [0.1, 0.15) is 0 Å². The van der Waals surface area contributed by atoms with Crippen LogP contribution in [0.2, 0.25) is 0 Å². The molecule has 138 valence electrons. The second-order valence-corrected chi connectivity index (χ2v) is 8.33. The molecule has 0 bridgehead atoms. The number of carbonyl (C=O) groups is 1. The van der Waals surface area contributed by atoms with Crippen molar-refractivity contribution in [2.45, 2.75) is 23.8 Å². The lowest BCUT2D eigenvalue weighted by Gasteiger charge is -2.29. The molecule has 2 aromatic rings. The van der Waals surface area contributed by atoms with Crippen molar-refractivity contribution >= 4 is 21.6 Å². The van der Waals surface area contributed by atoms with Gasteiger partial charge < -0.3 is 10.0 Å². The van der Waals surface area contributed by atoms with Crippen LogP contribution in [0.25, 0.3) is 0 Å². The van der Waals surface area contributed by atoms with Crippen molar-refractivity contribution < 1.29 is 18.3 Å². The number of likely N-dealkylation sites (tertiary alicyclic amines) is 1. The molecule has 1 saturated heterocycles. The van der Waals surface area contributed by atoms with Crippen molar-refractivity contribution in [3.8, 4) is 0 Å². The van der Waals surface area contributed by atoms with E-state index < -0.39 is 10.0 Å². The van der Waals surface area contributed by atoms with Crippen molar-refractivity contribution in [3.05, 3.63) is 60.2 Å². The van der Waals surface area contributed by atoms with E-state index in [1.807, 2.05) is 6.07 Å². The van der Waals surface area contributed by atoms with Gasteiger partial charge in [0.2, 0.25) is 0 Å². The third kappa shape index (κ3) is 3.73. The van der Waals surface area contributed by atoms with Crippen LogP contribution in [0.3, 0.4) is 0 Å². The number of hydrogen-bond donors (Lipinski definition) is 1. The fourth-order valence-corrected chi connectivity index (χ4v) is 4.15. The Balaban J connectivity index is 1.77. The van der Waals surface area contributed by atoms with Gasteiger partial charge in [-0.15, -0.1) is 0 Å². The van der Waals surface area contributed by atoms with Crippen molar-refractivity contribution in [1.82, 2.24) is 4.90 Å². The number of carbonyl (C=O) groups excluding carboxylic acids is 1. The van der Waals surface area contributed by atoms with Gasteiger partial charge in [-0.2, -0.15) is 0 Å². The first-order valence-electron chi connectivity index (χ1n) is 8.51. The highest BCUT2D eigenvalue weighted by Gasteiger charge is 2.24. The minimum Gasteiger partial charge on any atom is -0.393 e. The Kier molecular flexibility index (Phi) is 5.29. The van der Waals surface area contributed by atoms with Gasteiger partial charge in [0.15, 0.2) is 0 Å². The van der Waals surface area contributed by atoms with Crippen molar-refractivity contribution in [3.63, 3.8) is 0 Å². The zero-order valence-electron chi connectivity index (χ0n) is 14.6. The monoisotopic (exact) mass is 374 g/mol. The fourth-order valence-electron chi connectivity index (χ4n) is 2.96. The normalized spacial score (nSPS) is 15.7. The lowest BCUT2D eigenvalue weighted by atomic mass is 10.1. The SMILES string of the molecule is CN(c1ccccc1)S(=O)(=O)c1ccc(C(=O)N2CCC(O)CC2)cc1. The van der Waals surface area contributed by atoms with Gasteiger partial charge in [0, 0.05) is 25.7 Å². The molecule has 0 atom stereocenters. The van der Waals surface area contributed by atoms with Crippen LogP contribution in [0.1, 0.15) is 23.2 Å². The summed E-state index contributed by atoms with van der Waals surface area (Å²) in [6.45, 7) is 1.02. The maximum atomic E-state index is 12.8. The summed E-state index contributed by atoms with van der Waals surface area (Å²) in [6, 6.07) is 14.8. The van der Waals surface area contributed by atoms with Gasteiger partial charge in [0.05, 0.1) is 16.7 Å². The number of benzene rings is 2. The number of aliphatic hydroxyl groups excluding tert-OH is 1. The Morgan fingerprint density at radius 3 is 2.19 bits per heavy atom. The van der Waals surface area contributed by atoms with Crippen molar-refractivity contribution in [2.24, 2.45) is 0 Å². The van der Waals surface area contributed by atoms with E-state index in [0.717, 1.165) is 0 Å². The first-order valence-corrected chi connectivity index (χ1v) is 9.95. The summed E-state index contributed by atoms with van der Waals surface area (Å²) in [5, 5.41) is 9.54. The van der Waals surface area contributed by atoms with Crippen molar-refractivity contribution in [2.75, 3.05) is 24.4 Å². The molecular weight excluding hydrogens is 352 g/mol. The number of aliphatic hydroxyl groups is 1. The maximum absolute atomic E-state index is 12.8. The summed E-state index contributed by atoms with van der Waals surface area (Å²) in [7, 11) is -2.19. The van der Waals surface area contributed by atoms with E-state index in [1.165, 1.54) is 23.5 Å². The van der Waals surface area contributed by atoms with E-state index >= 15 is 0 Å². The van der Waals surface area contributed by atoms with Crippen LogP contribution in [-0.4, -0.2) is 50.6 Å². The number of amides is 1.